The SMILES string of the molecule is O=C(Nc1cccnc1)c1ccc2[nH]c(-c3ccc(C(=O)NC4CCCCCC4)cc3)nc2c1. The minimum Gasteiger partial charge on any atom is -0.349 e. The Balaban J connectivity index is 1.29. The second kappa shape index (κ2) is 9.87. The molecule has 7 heteroatoms. The number of carbonyl (C=O) groups is 2. The zero-order chi connectivity index (χ0) is 23.3. The van der Waals surface area contributed by atoms with Crippen LogP contribution in [0, 0.1) is 0 Å². The van der Waals surface area contributed by atoms with Gasteiger partial charge in [0.25, 0.3) is 11.8 Å². The van der Waals surface area contributed by atoms with Crippen molar-refractivity contribution in [1.82, 2.24) is 20.3 Å². The number of H-pyrrole nitrogens is 1. The van der Waals surface area contributed by atoms with Gasteiger partial charge in [-0.05, 0) is 55.3 Å². The molecule has 1 aliphatic rings. The van der Waals surface area contributed by atoms with E-state index in [1.807, 2.05) is 30.3 Å². The van der Waals surface area contributed by atoms with Crippen molar-refractivity contribution in [2.75, 3.05) is 5.32 Å². The first-order valence-corrected chi connectivity index (χ1v) is 11.8. The van der Waals surface area contributed by atoms with Gasteiger partial charge in [0.05, 0.1) is 22.9 Å². The lowest BCUT2D eigenvalue weighted by molar-refractivity contribution is 0.0932. The number of amides is 2. The average molecular weight is 454 g/mol. The fourth-order valence-corrected chi connectivity index (χ4v) is 4.40. The van der Waals surface area contributed by atoms with Gasteiger partial charge in [0.1, 0.15) is 5.82 Å². The van der Waals surface area contributed by atoms with E-state index in [-0.39, 0.29) is 17.9 Å². The monoisotopic (exact) mass is 453 g/mol. The molecule has 3 N–H and O–H groups in total. The van der Waals surface area contributed by atoms with Crippen molar-refractivity contribution in [1.29, 1.82) is 0 Å². The summed E-state index contributed by atoms with van der Waals surface area (Å²) in [5.74, 6) is 0.450. The highest BCUT2D eigenvalue weighted by atomic mass is 16.2. The molecule has 2 heterocycles. The Morgan fingerprint density at radius 1 is 0.882 bits per heavy atom. The lowest BCUT2D eigenvalue weighted by atomic mass is 10.1. The number of nitrogens with zero attached hydrogens (tertiary/aromatic N) is 2. The number of fused-ring (bicyclic) bond motifs is 1. The summed E-state index contributed by atoms with van der Waals surface area (Å²) in [6.07, 6.45) is 10.3. The van der Waals surface area contributed by atoms with Crippen LogP contribution in [-0.2, 0) is 0 Å². The molecular weight excluding hydrogens is 426 g/mol. The first-order valence-electron chi connectivity index (χ1n) is 11.8. The Kier molecular flexibility index (Phi) is 6.33. The molecule has 1 saturated carbocycles. The van der Waals surface area contributed by atoms with Gasteiger partial charge in [0, 0.05) is 28.9 Å². The zero-order valence-corrected chi connectivity index (χ0v) is 18.9. The Morgan fingerprint density at radius 3 is 2.38 bits per heavy atom. The molecule has 1 aliphatic carbocycles. The summed E-state index contributed by atoms with van der Waals surface area (Å²) >= 11 is 0. The van der Waals surface area contributed by atoms with Crippen LogP contribution < -0.4 is 10.6 Å². The summed E-state index contributed by atoms with van der Waals surface area (Å²) in [6, 6.07) is 16.7. The molecule has 4 aromatic rings. The maximum Gasteiger partial charge on any atom is 0.255 e. The van der Waals surface area contributed by atoms with Crippen molar-refractivity contribution in [2.45, 2.75) is 44.6 Å². The van der Waals surface area contributed by atoms with Gasteiger partial charge in [-0.1, -0.05) is 37.8 Å². The molecule has 2 aromatic carbocycles. The van der Waals surface area contributed by atoms with E-state index in [0.29, 0.717) is 28.2 Å². The molecule has 0 bridgehead atoms. The minimum absolute atomic E-state index is 0.0210. The van der Waals surface area contributed by atoms with E-state index in [2.05, 4.69) is 25.6 Å². The summed E-state index contributed by atoms with van der Waals surface area (Å²) in [5.41, 5.74) is 4.22. The molecule has 0 atom stereocenters. The number of hydrogen-bond acceptors (Lipinski definition) is 4. The van der Waals surface area contributed by atoms with Gasteiger partial charge in [0.2, 0.25) is 0 Å². The molecule has 2 aromatic heterocycles. The smallest absolute Gasteiger partial charge is 0.255 e. The number of aromatic nitrogens is 3. The summed E-state index contributed by atoms with van der Waals surface area (Å²) in [7, 11) is 0. The molecule has 0 saturated heterocycles. The van der Waals surface area contributed by atoms with Gasteiger partial charge >= 0.3 is 0 Å². The van der Waals surface area contributed by atoms with E-state index < -0.39 is 0 Å². The van der Waals surface area contributed by atoms with Crippen LogP contribution in [0.1, 0.15) is 59.2 Å². The van der Waals surface area contributed by atoms with Gasteiger partial charge in [-0.2, -0.15) is 0 Å². The van der Waals surface area contributed by atoms with Crippen LogP contribution in [0.5, 0.6) is 0 Å². The number of pyridine rings is 1. The molecule has 172 valence electrons. The van der Waals surface area contributed by atoms with E-state index in [1.165, 1.54) is 25.7 Å². The van der Waals surface area contributed by atoms with E-state index in [4.69, 9.17) is 0 Å². The molecule has 0 unspecified atom stereocenters. The lowest BCUT2D eigenvalue weighted by Crippen LogP contribution is -2.34. The number of imidazole rings is 1. The van der Waals surface area contributed by atoms with Crippen LogP contribution in [0.3, 0.4) is 0 Å². The van der Waals surface area contributed by atoms with Crippen LogP contribution in [0.4, 0.5) is 5.69 Å². The maximum atomic E-state index is 12.7. The van der Waals surface area contributed by atoms with Crippen LogP contribution >= 0.6 is 0 Å². The summed E-state index contributed by atoms with van der Waals surface area (Å²) in [5, 5.41) is 6.02. The third-order valence-corrected chi connectivity index (χ3v) is 6.28. The van der Waals surface area contributed by atoms with Gasteiger partial charge in [-0.25, -0.2) is 4.98 Å². The third kappa shape index (κ3) is 4.98. The topological polar surface area (TPSA) is 99.8 Å². The number of anilines is 1. The molecule has 0 spiro atoms. The van der Waals surface area contributed by atoms with Gasteiger partial charge in [0.15, 0.2) is 0 Å². The Morgan fingerprint density at radius 2 is 1.65 bits per heavy atom. The molecule has 7 nitrogen and oxygen atoms in total. The Hall–Kier alpha value is -4.00. The van der Waals surface area contributed by atoms with Crippen LogP contribution in [0.25, 0.3) is 22.4 Å². The lowest BCUT2D eigenvalue weighted by Gasteiger charge is -2.16. The minimum atomic E-state index is -0.219. The van der Waals surface area contributed by atoms with Gasteiger partial charge in [-0.3, -0.25) is 14.6 Å². The van der Waals surface area contributed by atoms with Crippen LogP contribution in [-0.4, -0.2) is 32.8 Å². The molecule has 34 heavy (non-hydrogen) atoms. The summed E-state index contributed by atoms with van der Waals surface area (Å²) in [6.45, 7) is 0. The predicted octanol–water partition coefficient (Wildman–Crippen LogP) is 5.33. The van der Waals surface area contributed by atoms with E-state index >= 15 is 0 Å². The Bertz CT molecular complexity index is 1290. The second-order valence-electron chi connectivity index (χ2n) is 8.75. The Labute approximate surface area is 198 Å². The molecule has 2 amide bonds. The third-order valence-electron chi connectivity index (χ3n) is 6.28. The highest BCUT2D eigenvalue weighted by molar-refractivity contribution is 6.06. The van der Waals surface area contributed by atoms with Crippen molar-refractivity contribution in [3.63, 3.8) is 0 Å². The largest absolute Gasteiger partial charge is 0.349 e. The van der Waals surface area contributed by atoms with Crippen molar-refractivity contribution in [3.8, 4) is 11.4 Å². The molecule has 1 fully saturated rings. The van der Waals surface area contributed by atoms with Gasteiger partial charge in [-0.15, -0.1) is 0 Å². The first-order chi connectivity index (χ1) is 16.7. The van der Waals surface area contributed by atoms with Crippen LogP contribution in [0.15, 0.2) is 67.0 Å². The second-order valence-corrected chi connectivity index (χ2v) is 8.75. The molecular formula is C27H27N5O2. The van der Waals surface area contributed by atoms with Crippen molar-refractivity contribution >= 4 is 28.5 Å². The zero-order valence-electron chi connectivity index (χ0n) is 18.9. The number of aromatic amines is 1. The molecule has 5 rings (SSSR count). The standard InChI is InChI=1S/C27H27N5O2/c33-26(29-21-6-3-1-2-4-7-21)19-11-9-18(10-12-19)25-31-23-14-13-20(16-24(23)32-25)27(34)30-22-8-5-15-28-17-22/h5,8-17,21H,1-4,6-7H2,(H,29,33)(H,30,34)(H,31,32). The highest BCUT2D eigenvalue weighted by Gasteiger charge is 2.16. The maximum absolute atomic E-state index is 12.7. The quantitative estimate of drug-likeness (QED) is 0.356. The number of benzene rings is 2. The van der Waals surface area contributed by atoms with E-state index in [1.54, 1.807) is 36.7 Å². The highest BCUT2D eigenvalue weighted by Crippen LogP contribution is 2.23. The van der Waals surface area contributed by atoms with E-state index in [0.717, 1.165) is 23.9 Å². The normalized spacial score (nSPS) is 14.5. The van der Waals surface area contributed by atoms with Crippen molar-refractivity contribution < 1.29 is 9.59 Å². The van der Waals surface area contributed by atoms with Crippen molar-refractivity contribution in [2.24, 2.45) is 0 Å². The fourth-order valence-electron chi connectivity index (χ4n) is 4.40. The average Bonchev–Trinajstić information content (AvgIpc) is 3.13. The summed E-state index contributed by atoms with van der Waals surface area (Å²) in [4.78, 5) is 37.2. The van der Waals surface area contributed by atoms with Gasteiger partial charge < -0.3 is 15.6 Å². The molecule has 0 aliphatic heterocycles. The molecule has 0 radical (unpaired) electrons. The predicted molar refractivity (Wildman–Crippen MR) is 133 cm³/mol. The summed E-state index contributed by atoms with van der Waals surface area (Å²) < 4.78 is 0. The number of hydrogen-bond donors (Lipinski definition) is 3. The van der Waals surface area contributed by atoms with E-state index in [9.17, 15) is 9.59 Å². The van der Waals surface area contributed by atoms with Crippen LogP contribution in [0.2, 0.25) is 0 Å². The van der Waals surface area contributed by atoms with Crippen molar-refractivity contribution in [3.05, 3.63) is 78.1 Å². The number of nitrogens with one attached hydrogen (secondary N) is 3. The number of rotatable bonds is 5. The first kappa shape index (κ1) is 21.8. The fraction of sp³-hybridized carbons (Fsp3) is 0.259. The number of carbonyl (C=O) groups excluding carboxylic acids is 2.